The van der Waals surface area contributed by atoms with Crippen molar-refractivity contribution in [1.29, 1.82) is 0 Å². The van der Waals surface area contributed by atoms with E-state index < -0.39 is 11.9 Å². The summed E-state index contributed by atoms with van der Waals surface area (Å²) in [4.78, 5) is 23.1. The molecule has 2 fully saturated rings. The Morgan fingerprint density at radius 1 is 1.03 bits per heavy atom. The van der Waals surface area contributed by atoms with Gasteiger partial charge in [0.15, 0.2) is 11.5 Å². The monoisotopic (exact) mass is 400 g/mol. The van der Waals surface area contributed by atoms with E-state index >= 15 is 0 Å². The van der Waals surface area contributed by atoms with Crippen LogP contribution in [0, 0.1) is 23.2 Å². The maximum atomic E-state index is 11.6. The van der Waals surface area contributed by atoms with Crippen LogP contribution in [0.25, 0.3) is 0 Å². The molecule has 2 saturated carbocycles. The van der Waals surface area contributed by atoms with Crippen LogP contribution in [0.15, 0.2) is 12.1 Å². The lowest BCUT2D eigenvalue weighted by molar-refractivity contribution is -0.144. The smallest absolute Gasteiger partial charge is 0.308 e. The summed E-state index contributed by atoms with van der Waals surface area (Å²) in [6.07, 6.45) is 6.96. The SMILES string of the molecule is CC(=O)Oc1cc2c(cc1OC(C)=O)OC1(C)CCC3C(C)CCCC3(C)C1C2. The zero-order valence-corrected chi connectivity index (χ0v) is 18.2. The molecule has 5 heteroatoms. The van der Waals surface area contributed by atoms with Crippen LogP contribution in [0.4, 0.5) is 0 Å². The molecule has 0 bridgehead atoms. The molecule has 0 N–H and O–H groups in total. The summed E-state index contributed by atoms with van der Waals surface area (Å²) in [5, 5.41) is 0. The van der Waals surface area contributed by atoms with E-state index in [1.165, 1.54) is 39.5 Å². The Balaban J connectivity index is 1.74. The second kappa shape index (κ2) is 7.03. The number of carbonyl (C=O) groups excluding carboxylic acids is 2. The highest BCUT2D eigenvalue weighted by atomic mass is 16.6. The lowest BCUT2D eigenvalue weighted by Gasteiger charge is -2.60. The summed E-state index contributed by atoms with van der Waals surface area (Å²) in [5.74, 6) is 2.26. The molecule has 5 atom stereocenters. The number of benzene rings is 1. The first kappa shape index (κ1) is 20.2. The molecule has 0 aromatic heterocycles. The zero-order chi connectivity index (χ0) is 21.0. The van der Waals surface area contributed by atoms with E-state index in [-0.39, 0.29) is 22.5 Å². The van der Waals surface area contributed by atoms with Crippen LogP contribution in [0.2, 0.25) is 0 Å². The Hall–Kier alpha value is -2.04. The minimum atomic E-state index is -0.456. The van der Waals surface area contributed by atoms with Crippen molar-refractivity contribution in [3.05, 3.63) is 17.7 Å². The van der Waals surface area contributed by atoms with Gasteiger partial charge in [0.2, 0.25) is 0 Å². The fraction of sp³-hybridized carbons (Fsp3) is 0.667. The van der Waals surface area contributed by atoms with Gasteiger partial charge in [0, 0.05) is 25.8 Å². The summed E-state index contributed by atoms with van der Waals surface area (Å²) in [6, 6.07) is 3.54. The molecule has 158 valence electrons. The molecule has 1 aromatic carbocycles. The minimum absolute atomic E-state index is 0.230. The molecule has 1 aliphatic heterocycles. The van der Waals surface area contributed by atoms with Crippen LogP contribution in [-0.2, 0) is 16.0 Å². The second-order valence-corrected chi connectivity index (χ2v) is 9.79. The largest absolute Gasteiger partial charge is 0.487 e. The highest BCUT2D eigenvalue weighted by molar-refractivity contribution is 5.74. The zero-order valence-electron chi connectivity index (χ0n) is 18.2. The average Bonchev–Trinajstić information content (AvgIpc) is 2.60. The highest BCUT2D eigenvalue weighted by Crippen LogP contribution is 2.62. The van der Waals surface area contributed by atoms with Crippen molar-refractivity contribution < 1.29 is 23.8 Å². The van der Waals surface area contributed by atoms with Gasteiger partial charge in [-0.2, -0.15) is 0 Å². The van der Waals surface area contributed by atoms with Crippen LogP contribution < -0.4 is 14.2 Å². The van der Waals surface area contributed by atoms with Gasteiger partial charge in [-0.3, -0.25) is 9.59 Å². The third kappa shape index (κ3) is 3.43. The number of rotatable bonds is 2. The molecule has 5 nitrogen and oxygen atoms in total. The molecule has 2 aliphatic carbocycles. The van der Waals surface area contributed by atoms with E-state index in [0.29, 0.717) is 5.92 Å². The van der Waals surface area contributed by atoms with Crippen molar-refractivity contribution in [2.75, 3.05) is 0 Å². The van der Waals surface area contributed by atoms with Crippen molar-refractivity contribution in [1.82, 2.24) is 0 Å². The second-order valence-electron chi connectivity index (χ2n) is 9.79. The number of hydrogen-bond acceptors (Lipinski definition) is 5. The topological polar surface area (TPSA) is 61.8 Å². The first-order valence-corrected chi connectivity index (χ1v) is 10.8. The summed E-state index contributed by atoms with van der Waals surface area (Å²) in [6.45, 7) is 9.80. The molecular formula is C24H32O5. The van der Waals surface area contributed by atoms with Gasteiger partial charge < -0.3 is 14.2 Å². The molecule has 3 aliphatic rings. The Morgan fingerprint density at radius 2 is 1.69 bits per heavy atom. The number of carbonyl (C=O) groups is 2. The van der Waals surface area contributed by atoms with Crippen LogP contribution in [-0.4, -0.2) is 17.5 Å². The number of ether oxygens (including phenoxy) is 3. The summed E-state index contributed by atoms with van der Waals surface area (Å²) < 4.78 is 17.3. The minimum Gasteiger partial charge on any atom is -0.487 e. The standard InChI is InChI=1S/C24H32O5/c1-14-7-6-9-23(4)18(14)8-10-24(5)22(23)12-17-11-20(27-15(2)25)21(28-16(3)26)13-19(17)29-24/h11,13-14,18,22H,6-10,12H2,1-5H3. The van der Waals surface area contributed by atoms with Gasteiger partial charge in [0.25, 0.3) is 0 Å². The summed E-state index contributed by atoms with van der Waals surface area (Å²) in [5.41, 5.74) is 1.05. The fourth-order valence-electron chi connectivity index (χ4n) is 6.55. The molecule has 0 spiro atoms. The molecule has 0 radical (unpaired) electrons. The Morgan fingerprint density at radius 3 is 2.34 bits per heavy atom. The molecule has 0 saturated heterocycles. The van der Waals surface area contributed by atoms with E-state index in [1.807, 2.05) is 6.07 Å². The van der Waals surface area contributed by atoms with Crippen molar-refractivity contribution in [3.8, 4) is 17.2 Å². The van der Waals surface area contributed by atoms with Gasteiger partial charge in [0.05, 0.1) is 0 Å². The number of fused-ring (bicyclic) bond motifs is 4. The quantitative estimate of drug-likeness (QED) is 0.511. The van der Waals surface area contributed by atoms with Crippen LogP contribution in [0.5, 0.6) is 17.2 Å². The van der Waals surface area contributed by atoms with E-state index in [1.54, 1.807) is 6.07 Å². The van der Waals surface area contributed by atoms with Gasteiger partial charge >= 0.3 is 11.9 Å². The first-order valence-electron chi connectivity index (χ1n) is 10.8. The fourth-order valence-corrected chi connectivity index (χ4v) is 6.55. The normalized spacial score (nSPS) is 35.4. The van der Waals surface area contributed by atoms with E-state index in [0.717, 1.165) is 36.0 Å². The van der Waals surface area contributed by atoms with Crippen LogP contribution in [0.1, 0.15) is 72.3 Å². The highest BCUT2D eigenvalue weighted by Gasteiger charge is 2.58. The predicted octanol–water partition coefficient (Wildman–Crippen LogP) is 5.08. The predicted molar refractivity (Wildman–Crippen MR) is 109 cm³/mol. The molecule has 5 unspecified atom stereocenters. The number of esters is 2. The molecule has 29 heavy (non-hydrogen) atoms. The van der Waals surface area contributed by atoms with Gasteiger partial charge in [-0.05, 0) is 61.5 Å². The van der Waals surface area contributed by atoms with E-state index in [4.69, 9.17) is 14.2 Å². The van der Waals surface area contributed by atoms with Crippen molar-refractivity contribution in [2.45, 2.75) is 78.7 Å². The van der Waals surface area contributed by atoms with Gasteiger partial charge in [-0.1, -0.05) is 26.7 Å². The van der Waals surface area contributed by atoms with Gasteiger partial charge in [-0.15, -0.1) is 0 Å². The lowest BCUT2D eigenvalue weighted by Crippen LogP contribution is -2.59. The molecule has 1 aromatic rings. The molecule has 0 amide bonds. The van der Waals surface area contributed by atoms with Crippen molar-refractivity contribution >= 4 is 11.9 Å². The Kier molecular flexibility index (Phi) is 4.91. The number of hydrogen-bond donors (Lipinski definition) is 0. The van der Waals surface area contributed by atoms with E-state index in [9.17, 15) is 9.59 Å². The van der Waals surface area contributed by atoms with Gasteiger partial charge in [-0.25, -0.2) is 0 Å². The lowest BCUT2D eigenvalue weighted by atomic mass is 9.48. The van der Waals surface area contributed by atoms with Crippen molar-refractivity contribution in [3.63, 3.8) is 0 Å². The van der Waals surface area contributed by atoms with E-state index in [2.05, 4.69) is 20.8 Å². The third-order valence-corrected chi connectivity index (χ3v) is 7.80. The maximum Gasteiger partial charge on any atom is 0.308 e. The summed E-state index contributed by atoms with van der Waals surface area (Å²) >= 11 is 0. The van der Waals surface area contributed by atoms with Crippen LogP contribution in [0.3, 0.4) is 0 Å². The Bertz CT molecular complexity index is 846. The molecule has 1 heterocycles. The third-order valence-electron chi connectivity index (χ3n) is 7.80. The van der Waals surface area contributed by atoms with Gasteiger partial charge in [0.1, 0.15) is 11.4 Å². The first-order chi connectivity index (χ1) is 13.6. The summed E-state index contributed by atoms with van der Waals surface area (Å²) in [7, 11) is 0. The maximum absolute atomic E-state index is 11.6. The van der Waals surface area contributed by atoms with Crippen molar-refractivity contribution in [2.24, 2.45) is 23.2 Å². The molecule has 4 rings (SSSR count). The Labute approximate surface area is 173 Å². The van der Waals surface area contributed by atoms with Crippen LogP contribution >= 0.6 is 0 Å². The average molecular weight is 401 g/mol. The molecular weight excluding hydrogens is 368 g/mol.